The van der Waals surface area contributed by atoms with Gasteiger partial charge in [-0.05, 0) is 32.9 Å². The molecule has 2 aliphatic heterocycles. The third-order valence-electron chi connectivity index (χ3n) is 2.98. The largest absolute Gasteiger partial charge is 0.443 e. The van der Waals surface area contributed by atoms with Gasteiger partial charge in [0.15, 0.2) is 0 Å². The topological polar surface area (TPSA) is 44.1 Å². The van der Waals surface area contributed by atoms with Crippen molar-refractivity contribution < 1.29 is 9.53 Å². The van der Waals surface area contributed by atoms with Crippen molar-refractivity contribution in [2.45, 2.75) is 26.4 Å². The Hall–Kier alpha value is -2.36. The molecule has 20 heavy (non-hydrogen) atoms. The average Bonchev–Trinajstić information content (AvgIpc) is 2.74. The van der Waals surface area contributed by atoms with Gasteiger partial charge in [0.2, 0.25) is 0 Å². The lowest BCUT2D eigenvalue weighted by Gasteiger charge is -2.20. The first-order valence-electron chi connectivity index (χ1n) is 6.54. The van der Waals surface area contributed by atoms with Crippen LogP contribution in [0.15, 0.2) is 42.7 Å². The number of hydrogen-bond donors (Lipinski definition) is 0. The highest BCUT2D eigenvalue weighted by Crippen LogP contribution is 2.30. The second-order valence-corrected chi connectivity index (χ2v) is 5.76. The Morgan fingerprint density at radius 3 is 2.70 bits per heavy atom. The molecule has 0 saturated heterocycles. The van der Waals surface area contributed by atoms with E-state index in [0.717, 1.165) is 22.2 Å². The van der Waals surface area contributed by atoms with Crippen LogP contribution in [0.2, 0.25) is 0 Å². The second kappa shape index (κ2) is 4.34. The molecule has 0 radical (unpaired) electrons. The number of para-hydroxylation sites is 1. The lowest BCUT2D eigenvalue weighted by Crippen LogP contribution is -2.27. The van der Waals surface area contributed by atoms with Gasteiger partial charge < -0.3 is 4.74 Å². The van der Waals surface area contributed by atoms with Gasteiger partial charge in [0, 0.05) is 23.3 Å². The number of nitrogens with zero attached hydrogens (tertiary/aromatic N) is 2. The molecule has 0 aromatic heterocycles. The maximum atomic E-state index is 12.1. The van der Waals surface area contributed by atoms with Crippen molar-refractivity contribution >= 4 is 17.0 Å². The smallest absolute Gasteiger partial charge is 0.418 e. The molecule has 0 aliphatic carbocycles. The fourth-order valence-electron chi connectivity index (χ4n) is 2.15. The lowest BCUT2D eigenvalue weighted by molar-refractivity contribution is 0.0536. The fraction of sp³-hybridized carbons (Fsp3) is 0.250. The summed E-state index contributed by atoms with van der Waals surface area (Å²) in [4.78, 5) is 16.6. The summed E-state index contributed by atoms with van der Waals surface area (Å²) in [5, 5.41) is 1.04. The number of carbonyl (C=O) groups is 1. The first-order valence-corrected chi connectivity index (χ1v) is 6.54. The second-order valence-electron chi connectivity index (χ2n) is 5.76. The minimum atomic E-state index is -0.509. The van der Waals surface area contributed by atoms with Crippen LogP contribution < -0.4 is 0 Å². The van der Waals surface area contributed by atoms with E-state index in [4.69, 9.17) is 4.74 Å². The quantitative estimate of drug-likeness (QED) is 0.620. The first kappa shape index (κ1) is 12.7. The number of ether oxygens (including phenoxy) is 1. The van der Waals surface area contributed by atoms with Crippen molar-refractivity contribution in [1.82, 2.24) is 9.55 Å². The van der Waals surface area contributed by atoms with Gasteiger partial charge in [-0.1, -0.05) is 18.2 Å². The van der Waals surface area contributed by atoms with E-state index in [1.807, 2.05) is 51.1 Å². The monoisotopic (exact) mass is 268 g/mol. The molecule has 2 heterocycles. The summed E-state index contributed by atoms with van der Waals surface area (Å²) in [6, 6.07) is 9.72. The molecule has 0 bridgehead atoms. The van der Waals surface area contributed by atoms with Crippen molar-refractivity contribution in [2.24, 2.45) is 0 Å². The van der Waals surface area contributed by atoms with E-state index in [0.29, 0.717) is 0 Å². The van der Waals surface area contributed by atoms with Crippen LogP contribution in [0, 0.1) is 0 Å². The molecule has 0 amide bonds. The van der Waals surface area contributed by atoms with E-state index in [9.17, 15) is 4.79 Å². The zero-order valence-corrected chi connectivity index (χ0v) is 11.8. The molecule has 0 N–H and O–H groups in total. The molecule has 4 nitrogen and oxygen atoms in total. The maximum Gasteiger partial charge on any atom is 0.418 e. The highest BCUT2D eigenvalue weighted by atomic mass is 16.6. The normalized spacial score (nSPS) is 11.9. The van der Waals surface area contributed by atoms with Gasteiger partial charge in [0.05, 0.1) is 11.2 Å². The van der Waals surface area contributed by atoms with Crippen LogP contribution in [0.1, 0.15) is 20.8 Å². The number of pyridine rings is 1. The SMILES string of the molecule is CC(C)(C)OC(=O)n1ccc2nc3ccccc3c-2c1. The molecule has 1 aromatic rings. The fourth-order valence-corrected chi connectivity index (χ4v) is 2.15. The molecular weight excluding hydrogens is 252 g/mol. The molecular formula is C16H16N2O2. The van der Waals surface area contributed by atoms with Crippen molar-refractivity contribution in [3.8, 4) is 11.3 Å². The highest BCUT2D eigenvalue weighted by molar-refractivity contribution is 5.97. The van der Waals surface area contributed by atoms with Crippen molar-refractivity contribution in [1.29, 1.82) is 0 Å². The molecule has 0 fully saturated rings. The van der Waals surface area contributed by atoms with Gasteiger partial charge in [0.25, 0.3) is 0 Å². The van der Waals surface area contributed by atoms with Gasteiger partial charge in [-0.2, -0.15) is 0 Å². The number of hydrogen-bond acceptors (Lipinski definition) is 3. The zero-order chi connectivity index (χ0) is 14.3. The number of fused-ring (bicyclic) bond motifs is 3. The van der Waals surface area contributed by atoms with Crippen LogP contribution in [0.4, 0.5) is 4.79 Å². The predicted octanol–water partition coefficient (Wildman–Crippen LogP) is 3.92. The summed E-state index contributed by atoms with van der Waals surface area (Å²) in [7, 11) is 0. The summed E-state index contributed by atoms with van der Waals surface area (Å²) in [5.41, 5.74) is 2.26. The van der Waals surface area contributed by atoms with Crippen molar-refractivity contribution in [3.63, 3.8) is 0 Å². The molecule has 4 heteroatoms. The van der Waals surface area contributed by atoms with Gasteiger partial charge >= 0.3 is 6.09 Å². The third kappa shape index (κ3) is 2.25. The summed E-state index contributed by atoms with van der Waals surface area (Å²) < 4.78 is 6.82. The van der Waals surface area contributed by atoms with Crippen LogP contribution in [0.25, 0.3) is 22.2 Å². The van der Waals surface area contributed by atoms with Gasteiger partial charge in [-0.3, -0.25) is 4.57 Å². The first-order chi connectivity index (χ1) is 9.44. The van der Waals surface area contributed by atoms with E-state index in [-0.39, 0.29) is 6.09 Å². The molecule has 3 rings (SSSR count). The number of rotatable bonds is 0. The Kier molecular flexibility index (Phi) is 2.74. The zero-order valence-electron chi connectivity index (χ0n) is 11.8. The Labute approximate surface area is 117 Å². The number of carbonyl (C=O) groups excluding carboxylic acids is 1. The summed E-state index contributed by atoms with van der Waals surface area (Å²) in [5.74, 6) is 0. The van der Waals surface area contributed by atoms with Crippen LogP contribution in [0.5, 0.6) is 0 Å². The van der Waals surface area contributed by atoms with E-state index in [1.54, 1.807) is 12.4 Å². The summed E-state index contributed by atoms with van der Waals surface area (Å²) in [6.45, 7) is 5.55. The van der Waals surface area contributed by atoms with Gasteiger partial charge in [-0.15, -0.1) is 0 Å². The van der Waals surface area contributed by atoms with E-state index in [2.05, 4.69) is 4.98 Å². The highest BCUT2D eigenvalue weighted by Gasteiger charge is 2.19. The average molecular weight is 268 g/mol. The third-order valence-corrected chi connectivity index (χ3v) is 2.98. The molecule has 1 aromatic carbocycles. The molecule has 0 unspecified atom stereocenters. The van der Waals surface area contributed by atoms with Crippen LogP contribution >= 0.6 is 0 Å². The lowest BCUT2D eigenvalue weighted by atomic mass is 10.1. The Bertz CT molecular complexity index is 753. The summed E-state index contributed by atoms with van der Waals surface area (Å²) >= 11 is 0. The standard InChI is InChI=1S/C16H16N2O2/c1-16(2,3)20-15(19)18-9-8-14-12(10-18)11-6-4-5-7-13(11)17-14/h4-10H,1-3H3. The van der Waals surface area contributed by atoms with Crippen molar-refractivity contribution in [2.75, 3.05) is 0 Å². The number of benzene rings is 1. The van der Waals surface area contributed by atoms with E-state index in [1.165, 1.54) is 4.57 Å². The molecule has 0 spiro atoms. The minimum absolute atomic E-state index is 0.385. The van der Waals surface area contributed by atoms with Gasteiger partial charge in [0.1, 0.15) is 5.60 Å². The van der Waals surface area contributed by atoms with Gasteiger partial charge in [-0.25, -0.2) is 9.78 Å². The Balaban J connectivity index is 2.08. The van der Waals surface area contributed by atoms with E-state index < -0.39 is 5.60 Å². The van der Waals surface area contributed by atoms with Crippen LogP contribution in [-0.4, -0.2) is 21.2 Å². The predicted molar refractivity (Wildman–Crippen MR) is 78.0 cm³/mol. The van der Waals surface area contributed by atoms with Crippen LogP contribution in [0.3, 0.4) is 0 Å². The Morgan fingerprint density at radius 1 is 1.20 bits per heavy atom. The molecule has 0 saturated carbocycles. The van der Waals surface area contributed by atoms with Crippen molar-refractivity contribution in [3.05, 3.63) is 42.7 Å². The minimum Gasteiger partial charge on any atom is -0.443 e. The summed E-state index contributed by atoms with van der Waals surface area (Å²) in [6.07, 6.45) is 3.07. The molecule has 102 valence electrons. The Morgan fingerprint density at radius 2 is 1.95 bits per heavy atom. The molecule has 0 atom stereocenters. The molecule has 2 aliphatic rings. The number of aromatic nitrogens is 2. The maximum absolute atomic E-state index is 12.1. The van der Waals surface area contributed by atoms with Crippen LogP contribution in [-0.2, 0) is 4.74 Å². The van der Waals surface area contributed by atoms with E-state index >= 15 is 0 Å².